The normalized spacial score (nSPS) is 12.7. The van der Waals surface area contributed by atoms with Crippen molar-refractivity contribution in [1.82, 2.24) is 20.3 Å². The largest absolute Gasteiger partial charge is 0.305 e. The Balaban J connectivity index is 1.99. The fourth-order valence-electron chi connectivity index (χ4n) is 2.16. The fourth-order valence-corrected chi connectivity index (χ4v) is 2.95. The van der Waals surface area contributed by atoms with Gasteiger partial charge in [0, 0.05) is 18.6 Å². The molecule has 0 saturated heterocycles. The third kappa shape index (κ3) is 2.69. The van der Waals surface area contributed by atoms with E-state index in [1.54, 1.807) is 23.7 Å². The number of aromatic nitrogens is 3. The van der Waals surface area contributed by atoms with Crippen molar-refractivity contribution in [2.45, 2.75) is 19.4 Å². The molecular formula is C15H16N4S. The Labute approximate surface area is 121 Å². The minimum Gasteiger partial charge on any atom is -0.305 e. The van der Waals surface area contributed by atoms with Crippen LogP contribution in [0.2, 0.25) is 0 Å². The third-order valence-corrected chi connectivity index (χ3v) is 3.99. The van der Waals surface area contributed by atoms with Crippen molar-refractivity contribution >= 4 is 21.6 Å². The quantitative estimate of drug-likeness (QED) is 0.782. The third-order valence-electron chi connectivity index (χ3n) is 3.13. The molecule has 1 atom stereocenters. The van der Waals surface area contributed by atoms with Crippen LogP contribution in [0.1, 0.15) is 30.6 Å². The monoisotopic (exact) mass is 284 g/mol. The van der Waals surface area contributed by atoms with Crippen LogP contribution in [0, 0.1) is 0 Å². The lowest BCUT2D eigenvalue weighted by Gasteiger charge is -2.17. The van der Waals surface area contributed by atoms with E-state index in [4.69, 9.17) is 0 Å². The zero-order chi connectivity index (χ0) is 13.8. The predicted octanol–water partition coefficient (Wildman–Crippen LogP) is 3.18. The molecule has 0 saturated carbocycles. The first kappa shape index (κ1) is 13.1. The zero-order valence-electron chi connectivity index (χ0n) is 11.3. The molecule has 1 N–H and O–H groups in total. The molecular weight excluding hydrogens is 268 g/mol. The van der Waals surface area contributed by atoms with Gasteiger partial charge in [-0.05, 0) is 36.0 Å². The van der Waals surface area contributed by atoms with Crippen molar-refractivity contribution in [3.63, 3.8) is 0 Å². The number of nitrogens with zero attached hydrogens (tertiary/aromatic N) is 3. The highest BCUT2D eigenvalue weighted by atomic mass is 32.1. The maximum atomic E-state index is 4.52. The van der Waals surface area contributed by atoms with E-state index in [0.717, 1.165) is 29.7 Å². The van der Waals surface area contributed by atoms with Crippen LogP contribution in [0.4, 0.5) is 0 Å². The minimum atomic E-state index is 0.0441. The van der Waals surface area contributed by atoms with Gasteiger partial charge in [-0.25, -0.2) is 0 Å². The van der Waals surface area contributed by atoms with E-state index >= 15 is 0 Å². The van der Waals surface area contributed by atoms with Gasteiger partial charge in [0.1, 0.15) is 0 Å². The van der Waals surface area contributed by atoms with Gasteiger partial charge in [0.25, 0.3) is 0 Å². The molecule has 5 heteroatoms. The molecule has 1 unspecified atom stereocenters. The van der Waals surface area contributed by atoms with Crippen LogP contribution in [0.25, 0.3) is 10.2 Å². The smallest absolute Gasteiger partial charge is 0.0809 e. The number of thiophene rings is 1. The molecule has 3 rings (SSSR count). The topological polar surface area (TPSA) is 50.7 Å². The second-order valence-corrected chi connectivity index (χ2v) is 5.54. The molecule has 0 aliphatic carbocycles. The highest BCUT2D eigenvalue weighted by Gasteiger charge is 2.16. The van der Waals surface area contributed by atoms with Gasteiger partial charge in [0.2, 0.25) is 0 Å². The summed E-state index contributed by atoms with van der Waals surface area (Å²) >= 11 is 1.71. The van der Waals surface area contributed by atoms with Gasteiger partial charge in [0.05, 0.1) is 28.1 Å². The number of pyridine rings is 1. The summed E-state index contributed by atoms with van der Waals surface area (Å²) in [5.41, 5.74) is 3.11. The molecule has 102 valence electrons. The Morgan fingerprint density at radius 3 is 3.00 bits per heavy atom. The van der Waals surface area contributed by atoms with Crippen LogP contribution in [0.3, 0.4) is 0 Å². The number of hydrogen-bond acceptors (Lipinski definition) is 5. The number of rotatable bonds is 5. The number of fused-ring (bicyclic) bond motifs is 1. The van der Waals surface area contributed by atoms with Crippen molar-refractivity contribution in [2.24, 2.45) is 0 Å². The molecule has 20 heavy (non-hydrogen) atoms. The second kappa shape index (κ2) is 6.07. The van der Waals surface area contributed by atoms with Gasteiger partial charge in [-0.1, -0.05) is 6.92 Å². The molecule has 0 radical (unpaired) electrons. The summed E-state index contributed by atoms with van der Waals surface area (Å²) in [6.45, 7) is 3.09. The Morgan fingerprint density at radius 2 is 2.20 bits per heavy atom. The summed E-state index contributed by atoms with van der Waals surface area (Å²) in [5.74, 6) is 0. The van der Waals surface area contributed by atoms with Gasteiger partial charge in [-0.15, -0.1) is 11.3 Å². The van der Waals surface area contributed by atoms with Crippen LogP contribution >= 0.6 is 11.3 Å². The Bertz CT molecular complexity index is 680. The lowest BCUT2D eigenvalue weighted by Crippen LogP contribution is -2.24. The molecule has 0 spiro atoms. The van der Waals surface area contributed by atoms with Crippen molar-refractivity contribution in [3.05, 3.63) is 53.6 Å². The summed E-state index contributed by atoms with van der Waals surface area (Å²) in [6, 6.07) is 4.28. The van der Waals surface area contributed by atoms with Gasteiger partial charge < -0.3 is 5.32 Å². The van der Waals surface area contributed by atoms with E-state index in [1.165, 1.54) is 4.70 Å². The second-order valence-electron chi connectivity index (χ2n) is 4.59. The highest BCUT2D eigenvalue weighted by Crippen LogP contribution is 2.25. The fraction of sp³-hybridized carbons (Fsp3) is 0.267. The molecule has 0 aliphatic heterocycles. The lowest BCUT2D eigenvalue weighted by molar-refractivity contribution is 0.583. The van der Waals surface area contributed by atoms with Gasteiger partial charge in [-0.2, -0.15) is 0 Å². The average Bonchev–Trinajstić information content (AvgIpc) is 2.96. The van der Waals surface area contributed by atoms with Crippen molar-refractivity contribution in [2.75, 3.05) is 6.54 Å². The summed E-state index contributed by atoms with van der Waals surface area (Å²) in [7, 11) is 0. The molecule has 0 bridgehead atoms. The van der Waals surface area contributed by atoms with Gasteiger partial charge >= 0.3 is 0 Å². The minimum absolute atomic E-state index is 0.0441. The van der Waals surface area contributed by atoms with Crippen LogP contribution in [-0.4, -0.2) is 21.5 Å². The molecule has 4 nitrogen and oxygen atoms in total. The standard InChI is InChI=1S/C15H16N4S/c1-2-4-18-15(13-10-16-5-6-17-13)11-8-14-12(19-9-11)3-7-20-14/h3,5-10,15,18H,2,4H2,1H3. The summed E-state index contributed by atoms with van der Waals surface area (Å²) in [6.07, 6.45) is 8.24. The van der Waals surface area contributed by atoms with Crippen molar-refractivity contribution in [3.8, 4) is 0 Å². The summed E-state index contributed by atoms with van der Waals surface area (Å²) < 4.78 is 1.20. The maximum Gasteiger partial charge on any atom is 0.0809 e. The van der Waals surface area contributed by atoms with E-state index in [0.29, 0.717) is 0 Å². The van der Waals surface area contributed by atoms with Crippen molar-refractivity contribution in [1.29, 1.82) is 0 Å². The maximum absolute atomic E-state index is 4.52. The summed E-state index contributed by atoms with van der Waals surface area (Å²) in [4.78, 5) is 13.1. The predicted molar refractivity (Wildman–Crippen MR) is 81.8 cm³/mol. The Kier molecular flexibility index (Phi) is 3.99. The van der Waals surface area contributed by atoms with E-state index in [-0.39, 0.29) is 6.04 Å². The van der Waals surface area contributed by atoms with Crippen molar-refractivity contribution < 1.29 is 0 Å². The van der Waals surface area contributed by atoms with Gasteiger partial charge in [0.15, 0.2) is 0 Å². The number of nitrogens with one attached hydrogen (secondary N) is 1. The molecule has 0 amide bonds. The van der Waals surface area contributed by atoms with E-state index in [1.807, 2.05) is 18.5 Å². The van der Waals surface area contributed by atoms with E-state index < -0.39 is 0 Å². The van der Waals surface area contributed by atoms with Gasteiger partial charge in [-0.3, -0.25) is 15.0 Å². The summed E-state index contributed by atoms with van der Waals surface area (Å²) in [5, 5.41) is 5.59. The van der Waals surface area contributed by atoms with Crippen LogP contribution in [-0.2, 0) is 0 Å². The molecule has 3 heterocycles. The molecule has 0 aliphatic rings. The molecule has 0 fully saturated rings. The van der Waals surface area contributed by atoms with E-state index in [9.17, 15) is 0 Å². The van der Waals surface area contributed by atoms with Crippen LogP contribution < -0.4 is 5.32 Å². The zero-order valence-corrected chi connectivity index (χ0v) is 12.1. The molecule has 3 aromatic rings. The first-order valence-corrected chi connectivity index (χ1v) is 7.59. The first-order valence-electron chi connectivity index (χ1n) is 6.71. The lowest BCUT2D eigenvalue weighted by atomic mass is 10.1. The van der Waals surface area contributed by atoms with Crippen LogP contribution in [0.15, 0.2) is 42.3 Å². The van der Waals surface area contributed by atoms with E-state index in [2.05, 4.69) is 38.6 Å². The average molecular weight is 284 g/mol. The highest BCUT2D eigenvalue weighted by molar-refractivity contribution is 7.17. The Morgan fingerprint density at radius 1 is 1.25 bits per heavy atom. The SMILES string of the molecule is CCCNC(c1cnc2ccsc2c1)c1cnccn1. The number of hydrogen-bond donors (Lipinski definition) is 1. The Hall–Kier alpha value is -1.85. The molecule has 3 aromatic heterocycles. The van der Waals surface area contributed by atoms with Crippen LogP contribution in [0.5, 0.6) is 0 Å². The first-order chi connectivity index (χ1) is 9.88. The molecule has 0 aromatic carbocycles.